The highest BCUT2D eigenvalue weighted by molar-refractivity contribution is 5.80. The summed E-state index contributed by atoms with van der Waals surface area (Å²) in [7, 11) is 0. The van der Waals surface area contributed by atoms with Crippen molar-refractivity contribution in [1.82, 2.24) is 4.98 Å². The summed E-state index contributed by atoms with van der Waals surface area (Å²) in [6.45, 7) is 3.66. The first-order valence-corrected chi connectivity index (χ1v) is 8.61. The van der Waals surface area contributed by atoms with Crippen LogP contribution in [0.5, 0.6) is 0 Å². The summed E-state index contributed by atoms with van der Waals surface area (Å²) >= 11 is 0. The molecule has 0 aliphatic carbocycles. The molecule has 1 N–H and O–H groups in total. The summed E-state index contributed by atoms with van der Waals surface area (Å²) in [5.41, 5.74) is 1.25. The van der Waals surface area contributed by atoms with Crippen molar-refractivity contribution >= 4 is 10.9 Å². The number of nitrogens with one attached hydrogen (secondary N) is 1. The van der Waals surface area contributed by atoms with Crippen LogP contribution in [-0.2, 0) is 18.3 Å². The number of pyridine rings is 2. The summed E-state index contributed by atoms with van der Waals surface area (Å²) in [6, 6.07) is 16.1. The monoisotopic (exact) mass is 358 g/mol. The van der Waals surface area contributed by atoms with E-state index in [1.54, 1.807) is 25.1 Å². The third-order valence-electron chi connectivity index (χ3n) is 4.86. The lowest BCUT2D eigenvalue weighted by molar-refractivity contribution is -0.617. The van der Waals surface area contributed by atoms with Gasteiger partial charge in [-0.15, -0.1) is 0 Å². The van der Waals surface area contributed by atoms with Crippen molar-refractivity contribution in [3.8, 4) is 12.1 Å². The van der Waals surface area contributed by atoms with E-state index in [1.807, 2.05) is 31.2 Å². The Morgan fingerprint density at radius 2 is 2.00 bits per heavy atom. The molecule has 0 amide bonds. The molecule has 3 aromatic rings. The van der Waals surface area contributed by atoms with Gasteiger partial charge in [0, 0.05) is 23.2 Å². The van der Waals surface area contributed by atoms with Crippen LogP contribution in [0.4, 0.5) is 0 Å². The van der Waals surface area contributed by atoms with Gasteiger partial charge in [0.15, 0.2) is 11.8 Å². The highest BCUT2D eigenvalue weighted by Gasteiger charge is 2.31. The minimum Gasteiger partial charge on any atom is -0.618 e. The maximum Gasteiger partial charge on any atom is 0.294 e. The molecule has 1 aromatic carbocycles. The molecule has 0 spiro atoms. The maximum atomic E-state index is 12.3. The van der Waals surface area contributed by atoms with Crippen molar-refractivity contribution < 1.29 is 4.73 Å². The quantitative estimate of drug-likeness (QED) is 0.571. The normalized spacial score (nSPS) is 12.9. The average molecular weight is 358 g/mol. The van der Waals surface area contributed by atoms with Gasteiger partial charge in [0.25, 0.3) is 11.3 Å². The molecule has 134 valence electrons. The SMILES string of the molecule is CCc1cc2ccc(C(C)(C#N)Cc3cccc(C#N)[n+]3[O-])cc2[nH]c1=O. The van der Waals surface area contributed by atoms with E-state index in [-0.39, 0.29) is 17.7 Å². The van der Waals surface area contributed by atoms with E-state index in [1.165, 1.54) is 6.07 Å². The van der Waals surface area contributed by atoms with Gasteiger partial charge in [-0.25, -0.2) is 0 Å². The molecule has 0 bridgehead atoms. The number of aryl methyl sites for hydroxylation is 1. The molecule has 6 heteroatoms. The number of hydrogen-bond acceptors (Lipinski definition) is 4. The molecule has 2 aromatic heterocycles. The first kappa shape index (κ1) is 18.2. The Morgan fingerprint density at radius 3 is 2.67 bits per heavy atom. The molecule has 0 saturated carbocycles. The lowest BCUT2D eigenvalue weighted by atomic mass is 9.79. The molecule has 0 saturated heterocycles. The third-order valence-corrected chi connectivity index (χ3v) is 4.86. The molecule has 2 heterocycles. The lowest BCUT2D eigenvalue weighted by Gasteiger charge is -2.22. The smallest absolute Gasteiger partial charge is 0.294 e. The van der Waals surface area contributed by atoms with E-state index in [4.69, 9.17) is 5.26 Å². The first-order chi connectivity index (χ1) is 12.9. The van der Waals surface area contributed by atoms with Crippen LogP contribution < -0.4 is 10.3 Å². The van der Waals surface area contributed by atoms with Crippen LogP contribution in [0.1, 0.15) is 36.4 Å². The highest BCUT2D eigenvalue weighted by Crippen LogP contribution is 2.29. The predicted octanol–water partition coefficient (Wildman–Crippen LogP) is 2.62. The zero-order chi connectivity index (χ0) is 19.6. The van der Waals surface area contributed by atoms with Crippen LogP contribution in [-0.4, -0.2) is 4.98 Å². The van der Waals surface area contributed by atoms with Gasteiger partial charge in [-0.3, -0.25) is 4.79 Å². The minimum atomic E-state index is -0.991. The number of nitrogens with zero attached hydrogens (tertiary/aromatic N) is 3. The number of benzene rings is 1. The third kappa shape index (κ3) is 3.26. The molecular formula is C21H18N4O2. The van der Waals surface area contributed by atoms with Crippen molar-refractivity contribution in [2.75, 3.05) is 0 Å². The highest BCUT2D eigenvalue weighted by atomic mass is 16.5. The van der Waals surface area contributed by atoms with Gasteiger partial charge in [-0.2, -0.15) is 15.3 Å². The second-order valence-corrected chi connectivity index (χ2v) is 6.71. The summed E-state index contributed by atoms with van der Waals surface area (Å²) in [5, 5.41) is 32.0. The summed E-state index contributed by atoms with van der Waals surface area (Å²) in [6.07, 6.45) is 0.785. The molecule has 0 fully saturated rings. The molecule has 6 nitrogen and oxygen atoms in total. The van der Waals surface area contributed by atoms with Crippen LogP contribution in [0.15, 0.2) is 47.3 Å². The van der Waals surface area contributed by atoms with Gasteiger partial charge in [0.05, 0.1) is 17.9 Å². The second kappa shape index (κ2) is 6.93. The Kier molecular flexibility index (Phi) is 4.66. The molecule has 0 radical (unpaired) electrons. The van der Waals surface area contributed by atoms with Crippen LogP contribution in [0, 0.1) is 27.9 Å². The number of hydrogen-bond donors (Lipinski definition) is 1. The van der Waals surface area contributed by atoms with E-state index in [0.717, 1.165) is 5.39 Å². The number of aromatic nitrogens is 2. The van der Waals surface area contributed by atoms with Crippen molar-refractivity contribution in [3.63, 3.8) is 0 Å². The molecule has 1 atom stereocenters. The van der Waals surface area contributed by atoms with Crippen LogP contribution in [0.2, 0.25) is 0 Å². The molecule has 27 heavy (non-hydrogen) atoms. The molecule has 0 aliphatic heterocycles. The Labute approximate surface area is 156 Å². The van der Waals surface area contributed by atoms with E-state index in [0.29, 0.717) is 33.5 Å². The maximum absolute atomic E-state index is 12.3. The Balaban J connectivity index is 2.08. The summed E-state index contributed by atoms with van der Waals surface area (Å²) in [5.74, 6) is 0. The fraction of sp³-hybridized carbons (Fsp3) is 0.238. The standard InChI is InChI=1S/C21H18N4O2/c1-3-14-9-15-7-8-16(10-19(15)24-20(14)26)21(2,13-23)11-17-5-4-6-18(12-22)25(17)27/h4-10H,3,11H2,1-2H3,(H,24,26). The largest absolute Gasteiger partial charge is 0.618 e. The second-order valence-electron chi connectivity index (χ2n) is 6.71. The molecule has 3 rings (SSSR count). The van der Waals surface area contributed by atoms with Crippen molar-refractivity contribution in [2.24, 2.45) is 0 Å². The fourth-order valence-corrected chi connectivity index (χ4v) is 3.17. The number of fused-ring (bicyclic) bond motifs is 1. The topological polar surface area (TPSA) is 107 Å². The van der Waals surface area contributed by atoms with E-state index < -0.39 is 5.41 Å². The molecule has 1 unspecified atom stereocenters. The first-order valence-electron chi connectivity index (χ1n) is 8.61. The van der Waals surface area contributed by atoms with Gasteiger partial charge in [-0.1, -0.05) is 19.1 Å². The predicted molar refractivity (Wildman–Crippen MR) is 101 cm³/mol. The molecular weight excluding hydrogens is 340 g/mol. The number of H-pyrrole nitrogens is 1. The molecule has 0 aliphatic rings. The van der Waals surface area contributed by atoms with E-state index in [9.17, 15) is 15.3 Å². The zero-order valence-electron chi connectivity index (χ0n) is 15.1. The number of aromatic amines is 1. The summed E-state index contributed by atoms with van der Waals surface area (Å²) < 4.78 is 0.562. The van der Waals surface area contributed by atoms with Gasteiger partial charge in [-0.05, 0) is 42.5 Å². The van der Waals surface area contributed by atoms with E-state index in [2.05, 4.69) is 11.1 Å². The average Bonchev–Trinajstić information content (AvgIpc) is 2.68. The van der Waals surface area contributed by atoms with E-state index >= 15 is 0 Å². The lowest BCUT2D eigenvalue weighted by Crippen LogP contribution is -2.39. The van der Waals surface area contributed by atoms with Gasteiger partial charge >= 0.3 is 0 Å². The van der Waals surface area contributed by atoms with Crippen LogP contribution in [0.3, 0.4) is 0 Å². The van der Waals surface area contributed by atoms with Crippen molar-refractivity contribution in [2.45, 2.75) is 32.1 Å². The number of rotatable bonds is 4. The Hall–Kier alpha value is -3.64. The Morgan fingerprint density at radius 1 is 1.22 bits per heavy atom. The zero-order valence-corrected chi connectivity index (χ0v) is 15.1. The minimum absolute atomic E-state index is 0.0114. The fourth-order valence-electron chi connectivity index (χ4n) is 3.17. The van der Waals surface area contributed by atoms with Crippen LogP contribution >= 0.6 is 0 Å². The summed E-state index contributed by atoms with van der Waals surface area (Å²) in [4.78, 5) is 15.0. The Bertz CT molecular complexity index is 1170. The van der Waals surface area contributed by atoms with Crippen molar-refractivity contribution in [1.29, 1.82) is 10.5 Å². The van der Waals surface area contributed by atoms with Gasteiger partial charge in [0.2, 0.25) is 0 Å². The van der Waals surface area contributed by atoms with Crippen LogP contribution in [0.25, 0.3) is 10.9 Å². The van der Waals surface area contributed by atoms with Gasteiger partial charge < -0.3 is 10.2 Å². The number of nitriles is 2. The van der Waals surface area contributed by atoms with Crippen molar-refractivity contribution in [3.05, 3.63) is 80.5 Å². The van der Waals surface area contributed by atoms with Gasteiger partial charge in [0.1, 0.15) is 0 Å².